The quantitative estimate of drug-likeness (QED) is 0.307. The van der Waals surface area contributed by atoms with Crippen LogP contribution in [0.3, 0.4) is 0 Å². The van der Waals surface area contributed by atoms with Gasteiger partial charge in [0.1, 0.15) is 11.9 Å². The van der Waals surface area contributed by atoms with Crippen molar-refractivity contribution in [2.24, 2.45) is 0 Å². The summed E-state index contributed by atoms with van der Waals surface area (Å²) in [4.78, 5) is 7.80. The van der Waals surface area contributed by atoms with E-state index in [-0.39, 0.29) is 5.82 Å². The Morgan fingerprint density at radius 1 is 0.758 bits per heavy atom. The van der Waals surface area contributed by atoms with E-state index in [9.17, 15) is 5.26 Å². The summed E-state index contributed by atoms with van der Waals surface area (Å²) >= 11 is 1.60. The lowest BCUT2D eigenvalue weighted by Crippen LogP contribution is -2.09. The van der Waals surface area contributed by atoms with Crippen molar-refractivity contribution < 1.29 is 0 Å². The molecule has 5 rings (SSSR count). The normalized spacial score (nSPS) is 10.5. The van der Waals surface area contributed by atoms with Crippen molar-refractivity contribution in [2.75, 3.05) is 10.6 Å². The molecule has 5 heteroatoms. The fourth-order valence-corrected chi connectivity index (χ4v) is 4.56. The Morgan fingerprint density at radius 2 is 1.36 bits per heavy atom. The largest absolute Gasteiger partial charge is 0.383 e. The molecular weight excluding hydrogens is 424 g/mol. The van der Waals surface area contributed by atoms with E-state index < -0.39 is 0 Å². The molecule has 0 atom stereocenters. The average Bonchev–Trinajstić information content (AvgIpc) is 3.41. The number of nitrogen functional groups attached to an aromatic ring is 1. The van der Waals surface area contributed by atoms with Crippen LogP contribution in [0.4, 0.5) is 22.9 Å². The van der Waals surface area contributed by atoms with Gasteiger partial charge in [0.2, 0.25) is 0 Å². The zero-order valence-electron chi connectivity index (χ0n) is 17.7. The molecule has 0 unspecified atom stereocenters. The monoisotopic (exact) mass is 444 g/mol. The topological polar surface area (TPSA) is 65.9 Å². The van der Waals surface area contributed by atoms with Crippen LogP contribution in [0.5, 0.6) is 0 Å². The predicted octanol–water partition coefficient (Wildman–Crippen LogP) is 7.40. The molecule has 2 N–H and O–H groups in total. The Hall–Kier alpha value is -4.40. The highest BCUT2D eigenvalue weighted by Crippen LogP contribution is 2.38. The fraction of sp³-hybridized carbons (Fsp3) is 0. The number of nitrogens with two attached hydrogens (primary N) is 1. The summed E-state index contributed by atoms with van der Waals surface area (Å²) in [5.41, 5.74) is 12.3. The lowest BCUT2D eigenvalue weighted by atomic mass is 10.00. The molecule has 158 valence electrons. The molecule has 3 aromatic carbocycles. The van der Waals surface area contributed by atoms with Gasteiger partial charge in [-0.3, -0.25) is 0 Å². The van der Waals surface area contributed by atoms with Crippen LogP contribution >= 0.6 is 11.3 Å². The number of anilines is 4. The Bertz CT molecular complexity index is 1370. The van der Waals surface area contributed by atoms with Crippen LogP contribution in [-0.4, -0.2) is 4.98 Å². The SMILES string of the molecule is N#Cc1cc(-c2ccc(N(c3ccccc3)c3ccccc3)cc2)c(-c2cccs2)nc1N. The maximum atomic E-state index is 9.51. The Kier molecular flexibility index (Phi) is 5.59. The minimum absolute atomic E-state index is 0.251. The second-order valence-electron chi connectivity index (χ2n) is 7.46. The first-order valence-electron chi connectivity index (χ1n) is 10.5. The Balaban J connectivity index is 1.61. The molecule has 0 spiro atoms. The first-order valence-corrected chi connectivity index (χ1v) is 11.4. The lowest BCUT2D eigenvalue weighted by molar-refractivity contribution is 1.28. The first-order chi connectivity index (χ1) is 16.2. The zero-order valence-corrected chi connectivity index (χ0v) is 18.5. The van der Waals surface area contributed by atoms with Gasteiger partial charge in [-0.2, -0.15) is 5.26 Å². The number of pyridine rings is 1. The van der Waals surface area contributed by atoms with E-state index in [0.717, 1.165) is 38.8 Å². The maximum Gasteiger partial charge on any atom is 0.142 e. The van der Waals surface area contributed by atoms with Crippen molar-refractivity contribution in [2.45, 2.75) is 0 Å². The van der Waals surface area contributed by atoms with E-state index in [4.69, 9.17) is 5.73 Å². The second-order valence-corrected chi connectivity index (χ2v) is 8.41. The van der Waals surface area contributed by atoms with Gasteiger partial charge in [-0.1, -0.05) is 54.6 Å². The van der Waals surface area contributed by atoms with Gasteiger partial charge in [0.15, 0.2) is 0 Å². The highest BCUT2D eigenvalue weighted by atomic mass is 32.1. The average molecular weight is 445 g/mol. The molecule has 2 aromatic heterocycles. The van der Waals surface area contributed by atoms with Gasteiger partial charge in [-0.05, 0) is 59.5 Å². The zero-order chi connectivity index (χ0) is 22.6. The minimum Gasteiger partial charge on any atom is -0.383 e. The number of hydrogen-bond donors (Lipinski definition) is 1. The highest BCUT2D eigenvalue weighted by molar-refractivity contribution is 7.13. The fourth-order valence-electron chi connectivity index (χ4n) is 3.83. The van der Waals surface area contributed by atoms with Crippen LogP contribution in [0.2, 0.25) is 0 Å². The van der Waals surface area contributed by atoms with Crippen LogP contribution in [0.25, 0.3) is 21.7 Å². The van der Waals surface area contributed by atoms with Crippen molar-refractivity contribution in [1.82, 2.24) is 4.98 Å². The molecule has 0 bridgehead atoms. The van der Waals surface area contributed by atoms with Gasteiger partial charge in [0, 0.05) is 22.6 Å². The van der Waals surface area contributed by atoms with Crippen molar-refractivity contribution in [3.8, 4) is 27.8 Å². The molecule has 0 amide bonds. The Morgan fingerprint density at radius 3 is 1.91 bits per heavy atom. The number of rotatable bonds is 5. The van der Waals surface area contributed by atoms with E-state index in [0.29, 0.717) is 5.56 Å². The second kappa shape index (κ2) is 8.99. The summed E-state index contributed by atoms with van der Waals surface area (Å²) in [7, 11) is 0. The number of nitriles is 1. The summed E-state index contributed by atoms with van der Waals surface area (Å²) in [5.74, 6) is 0.251. The summed E-state index contributed by atoms with van der Waals surface area (Å²) in [5, 5.41) is 11.5. The summed E-state index contributed by atoms with van der Waals surface area (Å²) in [6.07, 6.45) is 0. The summed E-state index contributed by atoms with van der Waals surface area (Å²) in [6, 6.07) is 36.9. The minimum atomic E-state index is 0.251. The van der Waals surface area contributed by atoms with Gasteiger partial charge in [-0.15, -0.1) is 11.3 Å². The van der Waals surface area contributed by atoms with E-state index >= 15 is 0 Å². The first kappa shape index (κ1) is 20.5. The van der Waals surface area contributed by atoms with Gasteiger partial charge < -0.3 is 10.6 Å². The van der Waals surface area contributed by atoms with Crippen molar-refractivity contribution >= 4 is 34.2 Å². The molecular formula is C28H20N4S. The van der Waals surface area contributed by atoms with Gasteiger partial charge in [-0.25, -0.2) is 4.98 Å². The molecule has 0 fully saturated rings. The Labute approximate surface area is 196 Å². The van der Waals surface area contributed by atoms with E-state index in [1.165, 1.54) is 0 Å². The van der Waals surface area contributed by atoms with E-state index in [1.807, 2.05) is 60.0 Å². The van der Waals surface area contributed by atoms with Crippen molar-refractivity contribution in [3.63, 3.8) is 0 Å². The van der Waals surface area contributed by atoms with Crippen molar-refractivity contribution in [1.29, 1.82) is 5.26 Å². The smallest absolute Gasteiger partial charge is 0.142 e. The number of para-hydroxylation sites is 2. The number of nitrogens with zero attached hydrogens (tertiary/aromatic N) is 3. The molecule has 0 saturated carbocycles. The number of aromatic nitrogens is 1. The van der Waals surface area contributed by atoms with Crippen LogP contribution < -0.4 is 10.6 Å². The highest BCUT2D eigenvalue weighted by Gasteiger charge is 2.16. The molecule has 0 saturated heterocycles. The molecule has 33 heavy (non-hydrogen) atoms. The van der Waals surface area contributed by atoms with Crippen molar-refractivity contribution in [3.05, 3.63) is 114 Å². The molecule has 5 aromatic rings. The molecule has 0 radical (unpaired) electrons. The molecule has 0 aliphatic heterocycles. The van der Waals surface area contributed by atoms with Crippen LogP contribution in [0.1, 0.15) is 5.56 Å². The number of thiophene rings is 1. The van der Waals surface area contributed by atoms with Crippen LogP contribution in [0, 0.1) is 11.3 Å². The third kappa shape index (κ3) is 4.08. The van der Waals surface area contributed by atoms with Gasteiger partial charge in [0.05, 0.1) is 16.1 Å². The predicted molar refractivity (Wildman–Crippen MR) is 137 cm³/mol. The summed E-state index contributed by atoms with van der Waals surface area (Å²) in [6.45, 7) is 0. The summed E-state index contributed by atoms with van der Waals surface area (Å²) < 4.78 is 0. The van der Waals surface area contributed by atoms with E-state index in [1.54, 1.807) is 11.3 Å². The third-order valence-corrected chi connectivity index (χ3v) is 6.27. The van der Waals surface area contributed by atoms with Gasteiger partial charge >= 0.3 is 0 Å². The molecule has 0 aliphatic rings. The van der Waals surface area contributed by atoms with Crippen LogP contribution in [0.15, 0.2) is 109 Å². The van der Waals surface area contributed by atoms with Crippen LogP contribution in [-0.2, 0) is 0 Å². The number of benzene rings is 3. The third-order valence-electron chi connectivity index (χ3n) is 5.39. The molecule has 4 nitrogen and oxygen atoms in total. The number of hydrogen-bond acceptors (Lipinski definition) is 5. The van der Waals surface area contributed by atoms with E-state index in [2.05, 4.69) is 64.5 Å². The standard InChI is InChI=1S/C28H20N4S/c29-19-21-18-25(27(31-28(21)30)26-12-7-17-33-26)20-13-15-24(16-14-20)32(22-8-3-1-4-9-22)23-10-5-2-6-11-23/h1-18H,(H2,30,31). The molecule has 2 heterocycles. The lowest BCUT2D eigenvalue weighted by Gasteiger charge is -2.25. The van der Waals surface area contributed by atoms with Gasteiger partial charge in [0.25, 0.3) is 0 Å². The molecule has 0 aliphatic carbocycles. The maximum absolute atomic E-state index is 9.51.